The number of benzene rings is 1. The molecule has 17 heavy (non-hydrogen) atoms. The number of anilines is 1. The number of hydrogen-bond donors (Lipinski definition) is 1. The van der Waals surface area contributed by atoms with E-state index in [9.17, 15) is 4.39 Å². The largest absolute Gasteiger partial charge is 0.380 e. The van der Waals surface area contributed by atoms with Crippen molar-refractivity contribution in [3.63, 3.8) is 0 Å². The minimum atomic E-state index is -0.379. The van der Waals surface area contributed by atoms with Gasteiger partial charge in [-0.1, -0.05) is 6.42 Å². The fraction of sp³-hybridized carbons (Fsp3) is 0.462. The smallest absolute Gasteiger partial charge is 0.161 e. The van der Waals surface area contributed by atoms with Crippen LogP contribution in [0, 0.1) is 23.1 Å². The third kappa shape index (κ3) is 2.44. The van der Waals surface area contributed by atoms with E-state index in [0.717, 1.165) is 0 Å². The van der Waals surface area contributed by atoms with Gasteiger partial charge in [0.1, 0.15) is 6.07 Å². The van der Waals surface area contributed by atoms with Gasteiger partial charge in [0, 0.05) is 6.04 Å². The molecule has 0 radical (unpaired) electrons. The molecule has 0 spiro atoms. The van der Waals surface area contributed by atoms with Gasteiger partial charge in [-0.3, -0.25) is 0 Å². The van der Waals surface area contributed by atoms with Gasteiger partial charge in [-0.25, -0.2) is 4.39 Å². The summed E-state index contributed by atoms with van der Waals surface area (Å²) in [6.07, 6.45) is 3.71. The second-order valence-corrected chi connectivity index (χ2v) is 5.32. The molecule has 1 fully saturated rings. The maximum absolute atomic E-state index is 13.9. The highest BCUT2D eigenvalue weighted by Gasteiger charge is 2.24. The third-order valence-corrected chi connectivity index (χ3v) is 4.22. The molecule has 0 aliphatic heterocycles. The molecule has 1 N–H and O–H groups in total. The SMILES string of the molecule is CC(Nc1ccc(C#N)c(Br)c1F)C1CCC1. The second-order valence-electron chi connectivity index (χ2n) is 4.52. The van der Waals surface area contributed by atoms with Crippen LogP contribution < -0.4 is 5.32 Å². The molecule has 1 aromatic rings. The van der Waals surface area contributed by atoms with Gasteiger partial charge in [0.2, 0.25) is 0 Å². The Hall–Kier alpha value is -1.08. The van der Waals surface area contributed by atoms with Crippen LogP contribution in [0.1, 0.15) is 31.7 Å². The Morgan fingerprint density at radius 3 is 2.76 bits per heavy atom. The van der Waals surface area contributed by atoms with Crippen LogP contribution in [0.15, 0.2) is 16.6 Å². The van der Waals surface area contributed by atoms with Crippen molar-refractivity contribution in [2.24, 2.45) is 5.92 Å². The fourth-order valence-corrected chi connectivity index (χ4v) is 2.48. The van der Waals surface area contributed by atoms with E-state index in [-0.39, 0.29) is 16.3 Å². The number of nitrogens with one attached hydrogen (secondary N) is 1. The zero-order valence-corrected chi connectivity index (χ0v) is 11.2. The lowest BCUT2D eigenvalue weighted by Gasteiger charge is -2.32. The molecular formula is C13H14BrFN2. The number of hydrogen-bond acceptors (Lipinski definition) is 2. The maximum Gasteiger partial charge on any atom is 0.161 e. The molecule has 1 aliphatic rings. The molecule has 1 unspecified atom stereocenters. The number of nitrogens with zero attached hydrogens (tertiary/aromatic N) is 1. The predicted octanol–water partition coefficient (Wildman–Crippen LogP) is 4.06. The van der Waals surface area contributed by atoms with Crippen molar-refractivity contribution >= 4 is 21.6 Å². The summed E-state index contributed by atoms with van der Waals surface area (Å²) < 4.78 is 14.2. The van der Waals surface area contributed by atoms with E-state index < -0.39 is 0 Å². The van der Waals surface area contributed by atoms with Crippen LogP contribution in [-0.2, 0) is 0 Å². The summed E-state index contributed by atoms with van der Waals surface area (Å²) in [6, 6.07) is 5.48. The molecule has 0 bridgehead atoms. The molecule has 0 heterocycles. The Bertz CT molecular complexity index is 463. The maximum atomic E-state index is 13.9. The van der Waals surface area contributed by atoms with Crippen LogP contribution >= 0.6 is 15.9 Å². The zero-order chi connectivity index (χ0) is 12.4. The van der Waals surface area contributed by atoms with E-state index in [0.29, 0.717) is 17.2 Å². The highest BCUT2D eigenvalue weighted by Crippen LogP contribution is 2.33. The van der Waals surface area contributed by atoms with Gasteiger partial charge >= 0.3 is 0 Å². The number of nitriles is 1. The zero-order valence-electron chi connectivity index (χ0n) is 9.63. The first-order valence-corrected chi connectivity index (χ1v) is 6.57. The fourth-order valence-electron chi connectivity index (χ4n) is 2.05. The van der Waals surface area contributed by atoms with Crippen LogP contribution in [0.5, 0.6) is 0 Å². The molecule has 1 atom stereocenters. The summed E-state index contributed by atoms with van der Waals surface area (Å²) in [4.78, 5) is 0. The molecule has 0 amide bonds. The molecule has 0 saturated heterocycles. The van der Waals surface area contributed by atoms with E-state index in [1.165, 1.54) is 19.3 Å². The van der Waals surface area contributed by atoms with Gasteiger partial charge in [-0.05, 0) is 53.7 Å². The van der Waals surface area contributed by atoms with Crippen molar-refractivity contribution in [3.05, 3.63) is 28.0 Å². The summed E-state index contributed by atoms with van der Waals surface area (Å²) in [5.74, 6) is 0.263. The van der Waals surface area contributed by atoms with Gasteiger partial charge < -0.3 is 5.32 Å². The minimum absolute atomic E-state index is 0.241. The van der Waals surface area contributed by atoms with Gasteiger partial charge in [-0.2, -0.15) is 5.26 Å². The molecule has 2 nitrogen and oxygen atoms in total. The lowest BCUT2D eigenvalue weighted by Crippen LogP contribution is -2.31. The highest BCUT2D eigenvalue weighted by atomic mass is 79.9. The van der Waals surface area contributed by atoms with Gasteiger partial charge in [-0.15, -0.1) is 0 Å². The Balaban J connectivity index is 2.16. The lowest BCUT2D eigenvalue weighted by atomic mass is 9.80. The van der Waals surface area contributed by atoms with E-state index in [2.05, 4.69) is 28.2 Å². The second kappa shape index (κ2) is 5.05. The van der Waals surface area contributed by atoms with Gasteiger partial charge in [0.15, 0.2) is 5.82 Å². The van der Waals surface area contributed by atoms with Crippen LogP contribution in [0.25, 0.3) is 0 Å². The monoisotopic (exact) mass is 296 g/mol. The Kier molecular flexibility index (Phi) is 3.68. The molecule has 4 heteroatoms. The van der Waals surface area contributed by atoms with Crippen molar-refractivity contribution in [2.45, 2.75) is 32.2 Å². The van der Waals surface area contributed by atoms with Crippen LogP contribution in [0.3, 0.4) is 0 Å². The first-order valence-electron chi connectivity index (χ1n) is 5.78. The average Bonchev–Trinajstić information content (AvgIpc) is 2.23. The molecule has 2 rings (SSSR count). The van der Waals surface area contributed by atoms with Gasteiger partial charge in [0.25, 0.3) is 0 Å². The summed E-state index contributed by atoms with van der Waals surface area (Å²) >= 11 is 3.11. The summed E-state index contributed by atoms with van der Waals surface area (Å²) in [6.45, 7) is 2.08. The van der Waals surface area contributed by atoms with E-state index in [1.54, 1.807) is 12.1 Å². The summed E-state index contributed by atoms with van der Waals surface area (Å²) in [5.41, 5.74) is 0.791. The topological polar surface area (TPSA) is 35.8 Å². The van der Waals surface area contributed by atoms with E-state index in [1.807, 2.05) is 6.07 Å². The molecule has 90 valence electrons. The standard InChI is InChI=1S/C13H14BrFN2/c1-8(9-3-2-4-9)17-11-6-5-10(7-16)12(14)13(11)15/h5-6,8-9,17H,2-4H2,1H3. The van der Waals surface area contributed by atoms with Crippen molar-refractivity contribution < 1.29 is 4.39 Å². The van der Waals surface area contributed by atoms with Crippen LogP contribution in [0.2, 0.25) is 0 Å². The Morgan fingerprint density at radius 1 is 1.53 bits per heavy atom. The number of rotatable bonds is 3. The van der Waals surface area contributed by atoms with Crippen molar-refractivity contribution in [1.29, 1.82) is 5.26 Å². The predicted molar refractivity (Wildman–Crippen MR) is 69.2 cm³/mol. The van der Waals surface area contributed by atoms with Gasteiger partial charge in [0.05, 0.1) is 15.7 Å². The highest BCUT2D eigenvalue weighted by molar-refractivity contribution is 9.10. The Labute approximate surface area is 109 Å². The summed E-state index contributed by atoms with van der Waals surface area (Å²) in [5, 5.41) is 12.0. The molecule has 0 aromatic heterocycles. The van der Waals surface area contributed by atoms with Crippen molar-refractivity contribution in [3.8, 4) is 6.07 Å². The van der Waals surface area contributed by atoms with Crippen LogP contribution in [-0.4, -0.2) is 6.04 Å². The lowest BCUT2D eigenvalue weighted by molar-refractivity contribution is 0.285. The number of halogens is 2. The van der Waals surface area contributed by atoms with Crippen molar-refractivity contribution in [1.82, 2.24) is 0 Å². The first kappa shape index (κ1) is 12.4. The normalized spacial score (nSPS) is 17.1. The van der Waals surface area contributed by atoms with Crippen molar-refractivity contribution in [2.75, 3.05) is 5.32 Å². The van der Waals surface area contributed by atoms with E-state index in [4.69, 9.17) is 5.26 Å². The molecule has 1 aliphatic carbocycles. The van der Waals surface area contributed by atoms with Crippen LogP contribution in [0.4, 0.5) is 10.1 Å². The first-order chi connectivity index (χ1) is 8.13. The molecule has 1 aromatic carbocycles. The average molecular weight is 297 g/mol. The molecular weight excluding hydrogens is 283 g/mol. The quantitative estimate of drug-likeness (QED) is 0.913. The molecule has 1 saturated carbocycles. The Morgan fingerprint density at radius 2 is 2.24 bits per heavy atom. The summed E-state index contributed by atoms with van der Waals surface area (Å²) in [7, 11) is 0. The third-order valence-electron chi connectivity index (χ3n) is 3.44. The van der Waals surface area contributed by atoms with E-state index >= 15 is 0 Å². The minimum Gasteiger partial charge on any atom is -0.380 e.